The van der Waals surface area contributed by atoms with Crippen LogP contribution in [-0.4, -0.2) is 5.75 Å². The van der Waals surface area contributed by atoms with Crippen molar-refractivity contribution in [3.8, 4) is 11.5 Å². The Kier molecular flexibility index (Phi) is 5.24. The molecule has 3 heteroatoms. The Balaban J connectivity index is 1.93. The Labute approximate surface area is 116 Å². The van der Waals surface area contributed by atoms with Crippen LogP contribution >= 0.6 is 21.6 Å². The SMILES string of the molecule is C=CCSSc1ccc(Oc2ccccc2)cc1. The maximum absolute atomic E-state index is 5.73. The maximum Gasteiger partial charge on any atom is 0.127 e. The molecule has 0 heterocycles. The standard InChI is InChI=1S/C15H14OS2/c1-2-12-17-18-15-10-8-14(9-11-15)16-13-6-4-3-5-7-13/h2-11H,1,12H2. The lowest BCUT2D eigenvalue weighted by atomic mass is 10.3. The van der Waals surface area contributed by atoms with Crippen LogP contribution in [0.15, 0.2) is 72.1 Å². The van der Waals surface area contributed by atoms with E-state index in [0.717, 1.165) is 17.3 Å². The van der Waals surface area contributed by atoms with Gasteiger partial charge in [-0.15, -0.1) is 6.58 Å². The van der Waals surface area contributed by atoms with Gasteiger partial charge in [0.2, 0.25) is 0 Å². The van der Waals surface area contributed by atoms with Gasteiger partial charge in [-0.25, -0.2) is 0 Å². The van der Waals surface area contributed by atoms with Gasteiger partial charge in [0.25, 0.3) is 0 Å². The molecule has 0 aliphatic rings. The van der Waals surface area contributed by atoms with Crippen molar-refractivity contribution in [3.63, 3.8) is 0 Å². The highest BCUT2D eigenvalue weighted by atomic mass is 33.1. The highest BCUT2D eigenvalue weighted by molar-refractivity contribution is 8.76. The highest BCUT2D eigenvalue weighted by Gasteiger charge is 1.98. The van der Waals surface area contributed by atoms with E-state index in [4.69, 9.17) is 4.74 Å². The predicted octanol–water partition coefficient (Wildman–Crippen LogP) is 5.41. The molecule has 0 atom stereocenters. The molecule has 0 aliphatic heterocycles. The van der Waals surface area contributed by atoms with Crippen molar-refractivity contribution in [2.75, 3.05) is 5.75 Å². The van der Waals surface area contributed by atoms with Crippen LogP contribution in [0.4, 0.5) is 0 Å². The van der Waals surface area contributed by atoms with Crippen LogP contribution in [0.25, 0.3) is 0 Å². The molecule has 0 aliphatic carbocycles. The summed E-state index contributed by atoms with van der Waals surface area (Å²) < 4.78 is 5.73. The van der Waals surface area contributed by atoms with E-state index >= 15 is 0 Å². The van der Waals surface area contributed by atoms with Crippen molar-refractivity contribution in [1.29, 1.82) is 0 Å². The fourth-order valence-corrected chi connectivity index (χ4v) is 3.12. The summed E-state index contributed by atoms with van der Waals surface area (Å²) in [7, 11) is 3.52. The predicted molar refractivity (Wildman–Crippen MR) is 81.5 cm³/mol. The van der Waals surface area contributed by atoms with Gasteiger partial charge in [-0.2, -0.15) is 0 Å². The summed E-state index contributed by atoms with van der Waals surface area (Å²) in [6.45, 7) is 3.70. The van der Waals surface area contributed by atoms with E-state index < -0.39 is 0 Å². The summed E-state index contributed by atoms with van der Waals surface area (Å²) in [5.41, 5.74) is 0. The van der Waals surface area contributed by atoms with E-state index in [-0.39, 0.29) is 0 Å². The Bertz CT molecular complexity index is 480. The lowest BCUT2D eigenvalue weighted by Crippen LogP contribution is -1.82. The second-order valence-electron chi connectivity index (χ2n) is 3.54. The molecule has 18 heavy (non-hydrogen) atoms. The smallest absolute Gasteiger partial charge is 0.127 e. The van der Waals surface area contributed by atoms with Crippen LogP contribution in [-0.2, 0) is 0 Å². The van der Waals surface area contributed by atoms with E-state index in [2.05, 4.69) is 18.7 Å². The van der Waals surface area contributed by atoms with Crippen molar-refractivity contribution < 1.29 is 4.74 Å². The van der Waals surface area contributed by atoms with E-state index in [1.54, 1.807) is 21.6 Å². The molecule has 2 aromatic carbocycles. The van der Waals surface area contributed by atoms with Crippen molar-refractivity contribution >= 4 is 21.6 Å². The van der Waals surface area contributed by atoms with Crippen molar-refractivity contribution in [2.45, 2.75) is 4.90 Å². The summed E-state index contributed by atoms with van der Waals surface area (Å²) in [5, 5.41) is 0. The molecule has 1 nitrogen and oxygen atoms in total. The minimum Gasteiger partial charge on any atom is -0.457 e. The molecule has 2 aromatic rings. The van der Waals surface area contributed by atoms with Crippen LogP contribution in [0.1, 0.15) is 0 Å². The van der Waals surface area contributed by atoms with Crippen LogP contribution < -0.4 is 4.74 Å². The van der Waals surface area contributed by atoms with E-state index in [1.165, 1.54) is 4.90 Å². The highest BCUT2D eigenvalue weighted by Crippen LogP contribution is 2.32. The van der Waals surface area contributed by atoms with Crippen molar-refractivity contribution in [3.05, 3.63) is 67.3 Å². The zero-order valence-corrected chi connectivity index (χ0v) is 11.5. The van der Waals surface area contributed by atoms with E-state index in [0.29, 0.717) is 0 Å². The Morgan fingerprint density at radius 1 is 0.944 bits per heavy atom. The number of rotatable bonds is 6. The third-order valence-corrected chi connectivity index (χ3v) is 4.44. The summed E-state index contributed by atoms with van der Waals surface area (Å²) >= 11 is 0. The molecule has 0 bridgehead atoms. The molecule has 0 saturated heterocycles. The Morgan fingerprint density at radius 3 is 2.28 bits per heavy atom. The number of hydrogen-bond donors (Lipinski definition) is 0. The average molecular weight is 274 g/mol. The molecule has 0 N–H and O–H groups in total. The molecule has 0 radical (unpaired) electrons. The van der Waals surface area contributed by atoms with Crippen LogP contribution in [0.3, 0.4) is 0 Å². The van der Waals surface area contributed by atoms with E-state index in [1.807, 2.05) is 48.5 Å². The lowest BCUT2D eigenvalue weighted by Gasteiger charge is -2.06. The lowest BCUT2D eigenvalue weighted by molar-refractivity contribution is 0.482. The molecule has 0 unspecified atom stereocenters. The molecule has 0 spiro atoms. The van der Waals surface area contributed by atoms with Gasteiger partial charge in [-0.05, 0) is 36.4 Å². The zero-order chi connectivity index (χ0) is 12.6. The quantitative estimate of drug-likeness (QED) is 0.396. The molecule has 92 valence electrons. The summed E-state index contributed by atoms with van der Waals surface area (Å²) in [5.74, 6) is 2.67. The second kappa shape index (κ2) is 7.19. The van der Waals surface area contributed by atoms with Crippen molar-refractivity contribution in [2.24, 2.45) is 0 Å². The molecule has 0 saturated carbocycles. The minimum absolute atomic E-state index is 0.860. The number of benzene rings is 2. The van der Waals surface area contributed by atoms with Gasteiger partial charge in [0.15, 0.2) is 0 Å². The van der Waals surface area contributed by atoms with Crippen LogP contribution in [0.2, 0.25) is 0 Å². The fraction of sp³-hybridized carbons (Fsp3) is 0.0667. The van der Waals surface area contributed by atoms with Gasteiger partial charge in [0.05, 0.1) is 0 Å². The molecular weight excluding hydrogens is 260 g/mol. The first-order valence-corrected chi connectivity index (χ1v) is 7.94. The normalized spacial score (nSPS) is 10.0. The molecular formula is C15H14OS2. The second-order valence-corrected chi connectivity index (χ2v) is 5.96. The minimum atomic E-state index is 0.860. The first kappa shape index (κ1) is 13.1. The molecule has 0 fully saturated rings. The third kappa shape index (κ3) is 4.17. The van der Waals surface area contributed by atoms with Gasteiger partial charge >= 0.3 is 0 Å². The molecule has 0 amide bonds. The van der Waals surface area contributed by atoms with Gasteiger partial charge in [-0.1, -0.05) is 45.9 Å². The Morgan fingerprint density at radius 2 is 1.61 bits per heavy atom. The Hall–Kier alpha value is -1.32. The van der Waals surface area contributed by atoms with Crippen molar-refractivity contribution in [1.82, 2.24) is 0 Å². The third-order valence-electron chi connectivity index (χ3n) is 2.14. The maximum atomic E-state index is 5.73. The average Bonchev–Trinajstić information content (AvgIpc) is 2.42. The summed E-state index contributed by atoms with van der Waals surface area (Å²) in [6.07, 6.45) is 1.91. The molecule has 2 rings (SSSR count). The number of hydrogen-bond acceptors (Lipinski definition) is 3. The fourth-order valence-electron chi connectivity index (χ4n) is 1.34. The van der Waals surface area contributed by atoms with Gasteiger partial charge in [0, 0.05) is 10.6 Å². The summed E-state index contributed by atoms with van der Waals surface area (Å²) in [4.78, 5) is 1.22. The van der Waals surface area contributed by atoms with Gasteiger partial charge < -0.3 is 4.74 Å². The summed E-state index contributed by atoms with van der Waals surface area (Å²) in [6, 6.07) is 17.9. The van der Waals surface area contributed by atoms with Crippen LogP contribution in [0.5, 0.6) is 11.5 Å². The van der Waals surface area contributed by atoms with Gasteiger partial charge in [-0.3, -0.25) is 0 Å². The van der Waals surface area contributed by atoms with Crippen LogP contribution in [0, 0.1) is 0 Å². The first-order valence-electron chi connectivity index (χ1n) is 5.62. The largest absolute Gasteiger partial charge is 0.457 e. The van der Waals surface area contributed by atoms with Gasteiger partial charge in [0.1, 0.15) is 11.5 Å². The molecule has 0 aromatic heterocycles. The monoisotopic (exact) mass is 274 g/mol. The topological polar surface area (TPSA) is 9.23 Å². The first-order chi connectivity index (χ1) is 8.88. The van der Waals surface area contributed by atoms with E-state index in [9.17, 15) is 0 Å². The zero-order valence-electron chi connectivity index (χ0n) is 9.91. The number of para-hydroxylation sites is 1. The number of ether oxygens (including phenoxy) is 1.